The highest BCUT2D eigenvalue weighted by Gasteiger charge is 2.19. The maximum atomic E-state index is 12.2. The first-order valence-corrected chi connectivity index (χ1v) is 8.45. The molecule has 4 nitrogen and oxygen atoms in total. The van der Waals surface area contributed by atoms with Crippen LogP contribution in [0.15, 0.2) is 48.5 Å². The number of amides is 1. The molecule has 0 aliphatic rings. The molecule has 0 fully saturated rings. The first kappa shape index (κ1) is 16.5. The third-order valence-corrected chi connectivity index (χ3v) is 5.05. The Morgan fingerprint density at radius 1 is 1.12 bits per heavy atom. The van der Waals surface area contributed by atoms with E-state index in [1.165, 1.54) is 11.3 Å². The number of hydrogen-bond donors (Lipinski definition) is 1. The molecule has 6 heteroatoms. The quantitative estimate of drug-likeness (QED) is 0.689. The lowest BCUT2D eigenvalue weighted by molar-refractivity contribution is -0.119. The van der Waals surface area contributed by atoms with E-state index in [0.29, 0.717) is 15.6 Å². The van der Waals surface area contributed by atoms with Crippen molar-refractivity contribution in [1.29, 1.82) is 0 Å². The van der Waals surface area contributed by atoms with E-state index in [0.717, 1.165) is 15.6 Å². The molecule has 3 aromatic rings. The minimum Gasteiger partial charge on any atom is -0.451 e. The Balaban J connectivity index is 1.63. The predicted molar refractivity (Wildman–Crippen MR) is 96.9 cm³/mol. The Morgan fingerprint density at radius 2 is 1.83 bits per heavy atom. The van der Waals surface area contributed by atoms with E-state index < -0.39 is 11.9 Å². The van der Waals surface area contributed by atoms with Gasteiger partial charge in [-0.1, -0.05) is 47.5 Å². The second kappa shape index (κ2) is 7.03. The van der Waals surface area contributed by atoms with Gasteiger partial charge < -0.3 is 10.1 Å². The van der Waals surface area contributed by atoms with Crippen molar-refractivity contribution in [3.05, 3.63) is 64.0 Å². The monoisotopic (exact) mass is 359 g/mol. The van der Waals surface area contributed by atoms with Crippen molar-refractivity contribution in [2.24, 2.45) is 0 Å². The van der Waals surface area contributed by atoms with E-state index in [4.69, 9.17) is 16.3 Å². The van der Waals surface area contributed by atoms with Crippen LogP contribution < -0.4 is 5.32 Å². The Labute approximate surface area is 148 Å². The molecular weight excluding hydrogens is 346 g/mol. The van der Waals surface area contributed by atoms with E-state index in [-0.39, 0.29) is 6.61 Å². The number of fused-ring (bicyclic) bond motifs is 1. The van der Waals surface area contributed by atoms with Crippen LogP contribution in [0.4, 0.5) is 5.69 Å². The van der Waals surface area contributed by atoms with Crippen LogP contribution in [0, 0.1) is 6.92 Å². The van der Waals surface area contributed by atoms with Crippen LogP contribution in [0.2, 0.25) is 5.02 Å². The lowest BCUT2D eigenvalue weighted by Gasteiger charge is -2.06. The zero-order valence-electron chi connectivity index (χ0n) is 12.8. The molecule has 2 aromatic carbocycles. The Kier molecular flexibility index (Phi) is 4.83. The van der Waals surface area contributed by atoms with Crippen molar-refractivity contribution in [3.63, 3.8) is 0 Å². The Hall–Kier alpha value is -2.37. The highest BCUT2D eigenvalue weighted by atomic mass is 35.5. The lowest BCUT2D eigenvalue weighted by atomic mass is 10.2. The second-order valence-electron chi connectivity index (χ2n) is 5.23. The van der Waals surface area contributed by atoms with E-state index in [1.54, 1.807) is 12.1 Å². The summed E-state index contributed by atoms with van der Waals surface area (Å²) < 4.78 is 5.97. The van der Waals surface area contributed by atoms with Gasteiger partial charge in [0.1, 0.15) is 4.88 Å². The number of carbonyl (C=O) groups is 2. The molecule has 0 aliphatic heterocycles. The summed E-state index contributed by atoms with van der Waals surface area (Å²) in [5, 5.41) is 3.84. The molecule has 1 heterocycles. The van der Waals surface area contributed by atoms with Gasteiger partial charge in [-0.15, -0.1) is 11.3 Å². The summed E-state index contributed by atoms with van der Waals surface area (Å²) in [6, 6.07) is 14.8. The molecule has 0 saturated heterocycles. The third-order valence-electron chi connectivity index (χ3n) is 3.39. The molecule has 122 valence electrons. The minimum atomic E-state index is -0.597. The topological polar surface area (TPSA) is 55.4 Å². The lowest BCUT2D eigenvalue weighted by Crippen LogP contribution is -2.20. The van der Waals surface area contributed by atoms with E-state index >= 15 is 0 Å². The molecule has 0 saturated carbocycles. The van der Waals surface area contributed by atoms with Crippen molar-refractivity contribution < 1.29 is 14.3 Å². The summed E-state index contributed by atoms with van der Waals surface area (Å²) in [4.78, 5) is 24.3. The van der Waals surface area contributed by atoms with Crippen molar-refractivity contribution in [2.75, 3.05) is 11.9 Å². The van der Waals surface area contributed by atoms with Gasteiger partial charge >= 0.3 is 5.97 Å². The Morgan fingerprint density at radius 3 is 2.54 bits per heavy atom. The third kappa shape index (κ3) is 3.58. The molecule has 0 spiro atoms. The maximum absolute atomic E-state index is 12.2. The summed E-state index contributed by atoms with van der Waals surface area (Å²) in [5.74, 6) is -0.996. The summed E-state index contributed by atoms with van der Waals surface area (Å²) in [6.07, 6.45) is 0. The van der Waals surface area contributed by atoms with Gasteiger partial charge in [-0.05, 0) is 25.1 Å². The summed E-state index contributed by atoms with van der Waals surface area (Å²) in [6.45, 7) is 1.60. The van der Waals surface area contributed by atoms with E-state index in [2.05, 4.69) is 5.32 Å². The van der Waals surface area contributed by atoms with Gasteiger partial charge in [0.2, 0.25) is 0 Å². The number of hydrogen-bond acceptors (Lipinski definition) is 4. The molecule has 0 atom stereocenters. The highest BCUT2D eigenvalue weighted by molar-refractivity contribution is 7.21. The fraction of sp³-hybridized carbons (Fsp3) is 0.111. The standard InChI is InChI=1S/C18H14ClNO3S/c1-11-6-8-12(9-7-11)20-15(21)10-23-18(22)17-16(19)13-4-2-3-5-14(13)24-17/h2-9H,10H2,1H3,(H,20,21). The highest BCUT2D eigenvalue weighted by Crippen LogP contribution is 2.35. The van der Waals surface area contributed by atoms with Crippen LogP contribution in [0.5, 0.6) is 0 Å². The normalized spacial score (nSPS) is 10.6. The smallest absolute Gasteiger partial charge is 0.350 e. The zero-order valence-corrected chi connectivity index (χ0v) is 14.4. The number of aryl methyl sites for hydroxylation is 1. The molecule has 1 aromatic heterocycles. The average molecular weight is 360 g/mol. The number of rotatable bonds is 4. The second-order valence-corrected chi connectivity index (χ2v) is 6.66. The van der Waals surface area contributed by atoms with Crippen LogP contribution in [-0.4, -0.2) is 18.5 Å². The molecule has 0 bridgehead atoms. The summed E-state index contributed by atoms with van der Waals surface area (Å²) in [7, 11) is 0. The van der Waals surface area contributed by atoms with Crippen LogP contribution in [-0.2, 0) is 9.53 Å². The van der Waals surface area contributed by atoms with Gasteiger partial charge in [-0.2, -0.15) is 0 Å². The number of esters is 1. The molecule has 1 amide bonds. The summed E-state index contributed by atoms with van der Waals surface area (Å²) >= 11 is 7.47. The van der Waals surface area contributed by atoms with Crippen molar-refractivity contribution in [3.8, 4) is 0 Å². The van der Waals surface area contributed by atoms with E-state index in [1.807, 2.05) is 43.3 Å². The van der Waals surface area contributed by atoms with Crippen LogP contribution >= 0.6 is 22.9 Å². The van der Waals surface area contributed by atoms with Gasteiger partial charge in [-0.25, -0.2) is 4.79 Å². The van der Waals surface area contributed by atoms with Crippen molar-refractivity contribution in [2.45, 2.75) is 6.92 Å². The van der Waals surface area contributed by atoms with Gasteiger partial charge in [0.05, 0.1) is 5.02 Å². The molecule has 3 rings (SSSR count). The number of nitrogens with one attached hydrogen (secondary N) is 1. The van der Waals surface area contributed by atoms with Crippen molar-refractivity contribution >= 4 is 50.6 Å². The molecular formula is C18H14ClNO3S. The minimum absolute atomic E-state index is 0.306. The van der Waals surface area contributed by atoms with Crippen LogP contribution in [0.1, 0.15) is 15.2 Å². The van der Waals surface area contributed by atoms with Gasteiger partial charge in [0.25, 0.3) is 5.91 Å². The molecule has 24 heavy (non-hydrogen) atoms. The van der Waals surface area contributed by atoms with Gasteiger partial charge in [0, 0.05) is 15.8 Å². The Bertz CT molecular complexity index is 902. The number of halogens is 1. The van der Waals surface area contributed by atoms with Crippen molar-refractivity contribution in [1.82, 2.24) is 0 Å². The average Bonchev–Trinajstić information content (AvgIpc) is 2.92. The maximum Gasteiger partial charge on any atom is 0.350 e. The summed E-state index contributed by atoms with van der Waals surface area (Å²) in [5.41, 5.74) is 1.75. The first-order chi connectivity index (χ1) is 11.5. The molecule has 0 radical (unpaired) electrons. The number of carbonyl (C=O) groups excluding carboxylic acids is 2. The first-order valence-electron chi connectivity index (χ1n) is 7.25. The largest absolute Gasteiger partial charge is 0.451 e. The molecule has 0 aliphatic carbocycles. The SMILES string of the molecule is Cc1ccc(NC(=O)COC(=O)c2sc3ccccc3c2Cl)cc1. The number of ether oxygens (including phenoxy) is 1. The van der Waals surface area contributed by atoms with Crippen LogP contribution in [0.25, 0.3) is 10.1 Å². The number of thiophene rings is 1. The molecule has 1 N–H and O–H groups in total. The van der Waals surface area contributed by atoms with Crippen LogP contribution in [0.3, 0.4) is 0 Å². The fourth-order valence-electron chi connectivity index (χ4n) is 2.18. The predicted octanol–water partition coefficient (Wildman–Crippen LogP) is 4.66. The van der Waals surface area contributed by atoms with E-state index in [9.17, 15) is 9.59 Å². The zero-order chi connectivity index (χ0) is 17.1. The molecule has 0 unspecified atom stereocenters. The number of benzene rings is 2. The number of anilines is 1. The fourth-order valence-corrected chi connectivity index (χ4v) is 3.58. The van der Waals surface area contributed by atoms with Gasteiger partial charge in [-0.3, -0.25) is 4.79 Å². The van der Waals surface area contributed by atoms with Gasteiger partial charge in [0.15, 0.2) is 6.61 Å².